The second-order valence-electron chi connectivity index (χ2n) is 4.51. The van der Waals surface area contributed by atoms with Gasteiger partial charge in [-0.25, -0.2) is 0 Å². The van der Waals surface area contributed by atoms with Gasteiger partial charge in [0.15, 0.2) is 0 Å². The van der Waals surface area contributed by atoms with Crippen molar-refractivity contribution >= 4 is 22.0 Å². The molecule has 0 aliphatic carbocycles. The Hall–Kier alpha value is -0.461. The van der Waals surface area contributed by atoms with Crippen LogP contribution in [0.25, 0.3) is 0 Å². The summed E-state index contributed by atoms with van der Waals surface area (Å²) in [5.41, 5.74) is 0. The second-order valence-corrected chi connectivity index (χ2v) is 19.0. The third-order valence-electron chi connectivity index (χ3n) is 2.01. The van der Waals surface area contributed by atoms with E-state index < -0.39 is 31.2 Å². The van der Waals surface area contributed by atoms with Crippen molar-refractivity contribution in [2.24, 2.45) is 0 Å². The number of pyridine rings is 1. The monoisotopic (exact) mass is 341 g/mol. The zero-order chi connectivity index (χ0) is 12.4. The summed E-state index contributed by atoms with van der Waals surface area (Å²) < 4.78 is 42.2. The van der Waals surface area contributed by atoms with E-state index in [1.165, 1.54) is 6.07 Å². The van der Waals surface area contributed by atoms with Gasteiger partial charge in [-0.3, -0.25) is 0 Å². The van der Waals surface area contributed by atoms with Crippen LogP contribution in [-0.2, 0) is 0 Å². The summed E-state index contributed by atoms with van der Waals surface area (Å²) >= 11 is -2.21. The molecule has 0 N–H and O–H groups in total. The fourth-order valence-corrected chi connectivity index (χ4v) is 4.02. The molecule has 1 heterocycles. The molecule has 0 unspecified atom stereocenters. The molecule has 0 saturated carbocycles. The van der Waals surface area contributed by atoms with Gasteiger partial charge >= 0.3 is 96.7 Å². The molecule has 1 rings (SSSR count). The van der Waals surface area contributed by atoms with Gasteiger partial charge < -0.3 is 0 Å². The van der Waals surface area contributed by atoms with E-state index >= 15 is 0 Å². The predicted octanol–water partition coefficient (Wildman–Crippen LogP) is 2.57. The molecule has 0 atom stereocenters. The average Bonchev–Trinajstić information content (AvgIpc) is 2.16. The molecule has 2 nitrogen and oxygen atoms in total. The number of hydrogen-bond acceptors (Lipinski definition) is 2. The minimum atomic E-state index is -3.79. The van der Waals surface area contributed by atoms with Gasteiger partial charge in [0.25, 0.3) is 0 Å². The van der Waals surface area contributed by atoms with Crippen LogP contribution in [0, 0.1) is 0 Å². The van der Waals surface area contributed by atoms with Crippen molar-refractivity contribution in [2.75, 3.05) is 6.67 Å². The Morgan fingerprint density at radius 2 is 1.94 bits per heavy atom. The van der Waals surface area contributed by atoms with Crippen molar-refractivity contribution in [1.82, 2.24) is 4.98 Å². The van der Waals surface area contributed by atoms with Gasteiger partial charge in [0.05, 0.1) is 0 Å². The number of halogens is 3. The Bertz CT molecular complexity index is 348. The van der Waals surface area contributed by atoms with E-state index in [0.29, 0.717) is 0 Å². The number of nitrogens with zero attached hydrogens (tertiary/aromatic N) is 1. The SMILES string of the molecule is [CH3][Sn]([CH3])([CH3])[c]1ccc(OC(F)(F)CF)nc1. The molecule has 1 aromatic rings. The van der Waals surface area contributed by atoms with E-state index in [1.807, 2.05) is 0 Å². The molecule has 6 heteroatoms. The van der Waals surface area contributed by atoms with Gasteiger partial charge in [-0.15, -0.1) is 0 Å². The summed E-state index contributed by atoms with van der Waals surface area (Å²) in [7, 11) is 0. The second kappa shape index (κ2) is 4.81. The first-order chi connectivity index (χ1) is 7.24. The number of aromatic nitrogens is 1. The van der Waals surface area contributed by atoms with Crippen molar-refractivity contribution in [3.63, 3.8) is 0 Å². The molecule has 16 heavy (non-hydrogen) atoms. The van der Waals surface area contributed by atoms with Crippen LogP contribution < -0.4 is 8.32 Å². The first kappa shape index (κ1) is 13.6. The quantitative estimate of drug-likeness (QED) is 0.787. The molecule has 1 aromatic heterocycles. The van der Waals surface area contributed by atoms with Gasteiger partial charge in [-0.05, 0) is 0 Å². The first-order valence-corrected chi connectivity index (χ1v) is 14.8. The van der Waals surface area contributed by atoms with Gasteiger partial charge in [-0.2, -0.15) is 0 Å². The van der Waals surface area contributed by atoms with Crippen LogP contribution in [0.15, 0.2) is 18.3 Å². The van der Waals surface area contributed by atoms with Gasteiger partial charge in [0.1, 0.15) is 0 Å². The Morgan fingerprint density at radius 3 is 2.31 bits per heavy atom. The first-order valence-electron chi connectivity index (χ1n) is 4.84. The van der Waals surface area contributed by atoms with E-state index in [-0.39, 0.29) is 5.88 Å². The standard InChI is InChI=1S/C7H5F3NO.3CH3.Sn/c8-5-7(9,10)12-6-3-1-2-4-11-6;;;;/h1,3-4H,5H2;3*1H3;. The topological polar surface area (TPSA) is 22.1 Å². The van der Waals surface area contributed by atoms with Gasteiger partial charge in [-0.1, -0.05) is 0 Å². The fraction of sp³-hybridized carbons (Fsp3) is 0.500. The maximum absolute atomic E-state index is 12.5. The van der Waals surface area contributed by atoms with E-state index in [0.717, 1.165) is 3.58 Å². The molecule has 0 radical (unpaired) electrons. The summed E-state index contributed by atoms with van der Waals surface area (Å²) in [5.74, 6) is -0.248. The zero-order valence-corrected chi connectivity index (χ0v) is 12.3. The van der Waals surface area contributed by atoms with Crippen molar-refractivity contribution < 1.29 is 17.9 Å². The summed E-state index contributed by atoms with van der Waals surface area (Å²) in [5, 5.41) is 0. The number of rotatable bonds is 4. The van der Waals surface area contributed by atoms with Crippen LogP contribution in [0.3, 0.4) is 0 Å². The molecule has 0 saturated heterocycles. The van der Waals surface area contributed by atoms with Gasteiger partial charge in [0.2, 0.25) is 0 Å². The summed E-state index contributed by atoms with van der Waals surface area (Å²) in [6.07, 6.45) is -2.25. The van der Waals surface area contributed by atoms with Crippen LogP contribution in [0.5, 0.6) is 5.88 Å². The van der Waals surface area contributed by atoms with E-state index in [1.54, 1.807) is 12.3 Å². The van der Waals surface area contributed by atoms with Crippen LogP contribution in [0.1, 0.15) is 0 Å². The van der Waals surface area contributed by atoms with Crippen molar-refractivity contribution in [3.05, 3.63) is 18.3 Å². The van der Waals surface area contributed by atoms with Crippen LogP contribution in [0.2, 0.25) is 14.8 Å². The molecular formula is C10H14F3NOSn. The van der Waals surface area contributed by atoms with Crippen molar-refractivity contribution in [3.8, 4) is 5.88 Å². The summed E-state index contributed by atoms with van der Waals surface area (Å²) in [6, 6.07) is 3.09. The molecule has 0 aliphatic rings. The Balaban J connectivity index is 2.80. The van der Waals surface area contributed by atoms with E-state index in [2.05, 4.69) is 24.5 Å². The van der Waals surface area contributed by atoms with Crippen molar-refractivity contribution in [2.45, 2.75) is 20.9 Å². The third-order valence-corrected chi connectivity index (χ3v) is 7.80. The molecule has 0 bridgehead atoms. The minimum absolute atomic E-state index is 0.248. The van der Waals surface area contributed by atoms with Crippen LogP contribution >= 0.6 is 0 Å². The predicted molar refractivity (Wildman–Crippen MR) is 58.8 cm³/mol. The average molecular weight is 340 g/mol. The normalized spacial score (nSPS) is 12.6. The number of ether oxygens (including phenoxy) is 1. The third kappa shape index (κ3) is 3.84. The van der Waals surface area contributed by atoms with Crippen LogP contribution in [0.4, 0.5) is 13.2 Å². The molecule has 0 amide bonds. The van der Waals surface area contributed by atoms with E-state index in [9.17, 15) is 13.2 Å². The van der Waals surface area contributed by atoms with Crippen molar-refractivity contribution in [1.29, 1.82) is 0 Å². The molecular weight excluding hydrogens is 326 g/mol. The maximum atomic E-state index is 12.5. The number of hydrogen-bond donors (Lipinski definition) is 0. The van der Waals surface area contributed by atoms with Gasteiger partial charge in [0, 0.05) is 0 Å². The zero-order valence-electron chi connectivity index (χ0n) is 9.43. The molecule has 0 aromatic carbocycles. The molecule has 0 aliphatic heterocycles. The number of alkyl halides is 3. The van der Waals surface area contributed by atoms with Crippen LogP contribution in [-0.4, -0.2) is 36.1 Å². The molecule has 90 valence electrons. The van der Waals surface area contributed by atoms with E-state index in [4.69, 9.17) is 0 Å². The molecule has 0 fully saturated rings. The molecule has 0 spiro atoms. The summed E-state index contributed by atoms with van der Waals surface area (Å²) in [4.78, 5) is 10.3. The summed E-state index contributed by atoms with van der Waals surface area (Å²) in [6.45, 7) is -1.85. The fourth-order valence-electron chi connectivity index (χ4n) is 1.06. The Morgan fingerprint density at radius 1 is 1.31 bits per heavy atom. The Kier molecular flexibility index (Phi) is 4.09. The Labute approximate surface area is 96.7 Å².